The number of carbonyl (C=O) groups excluding carboxylic acids is 2. The molecule has 1 unspecified atom stereocenters. The van der Waals surface area contributed by atoms with Gasteiger partial charge in [-0.25, -0.2) is 0 Å². The normalized spacial score (nSPS) is 16.0. The first-order valence-corrected chi connectivity index (χ1v) is 5.31. The molecule has 1 saturated carbocycles. The van der Waals surface area contributed by atoms with E-state index in [4.69, 9.17) is 5.26 Å². The van der Waals surface area contributed by atoms with Gasteiger partial charge in [-0.05, 0) is 19.8 Å². The predicted octanol–water partition coefficient (Wildman–Crippen LogP) is -1.12. The van der Waals surface area contributed by atoms with Gasteiger partial charge in [-0.3, -0.25) is 14.9 Å². The van der Waals surface area contributed by atoms with Crippen LogP contribution in [0.2, 0.25) is 0 Å². The third-order valence-corrected chi connectivity index (χ3v) is 2.25. The lowest BCUT2D eigenvalue weighted by Crippen LogP contribution is -2.46. The standard InChI is InChI=1S/C10H16N4O2/c1-7(10(16)14-8-2-3-8)13-6-9(15)12-5-4-11/h7-8,13H,2-3,5-6H2,1H3,(H,12,15)(H,14,16). The molecule has 0 aromatic rings. The summed E-state index contributed by atoms with van der Waals surface area (Å²) in [5.41, 5.74) is 0. The van der Waals surface area contributed by atoms with E-state index < -0.39 is 6.04 Å². The maximum absolute atomic E-state index is 11.5. The molecule has 0 bridgehead atoms. The molecule has 0 aromatic heterocycles. The van der Waals surface area contributed by atoms with Crippen LogP contribution in [0.1, 0.15) is 19.8 Å². The van der Waals surface area contributed by atoms with Gasteiger partial charge in [0.05, 0.1) is 18.7 Å². The van der Waals surface area contributed by atoms with E-state index in [2.05, 4.69) is 16.0 Å². The summed E-state index contributed by atoms with van der Waals surface area (Å²) < 4.78 is 0. The summed E-state index contributed by atoms with van der Waals surface area (Å²) in [4.78, 5) is 22.6. The molecule has 1 aliphatic rings. The summed E-state index contributed by atoms with van der Waals surface area (Å²) in [6.07, 6.45) is 2.09. The van der Waals surface area contributed by atoms with Crippen molar-refractivity contribution in [1.82, 2.24) is 16.0 Å². The lowest BCUT2D eigenvalue weighted by Gasteiger charge is -2.13. The highest BCUT2D eigenvalue weighted by molar-refractivity contribution is 5.83. The Bertz CT molecular complexity index is 306. The van der Waals surface area contributed by atoms with E-state index in [-0.39, 0.29) is 24.9 Å². The molecule has 1 aliphatic carbocycles. The first-order valence-electron chi connectivity index (χ1n) is 5.31. The van der Waals surface area contributed by atoms with Crippen molar-refractivity contribution in [1.29, 1.82) is 5.26 Å². The molecule has 1 rings (SSSR count). The van der Waals surface area contributed by atoms with Gasteiger partial charge in [0.25, 0.3) is 0 Å². The number of hydrogen-bond acceptors (Lipinski definition) is 4. The molecular formula is C10H16N4O2. The number of nitrogens with one attached hydrogen (secondary N) is 3. The Labute approximate surface area is 94.4 Å². The minimum absolute atomic E-state index is 0.0107. The van der Waals surface area contributed by atoms with E-state index in [1.54, 1.807) is 13.0 Å². The van der Waals surface area contributed by atoms with Crippen LogP contribution in [0.25, 0.3) is 0 Å². The van der Waals surface area contributed by atoms with Crippen LogP contribution in [0.15, 0.2) is 0 Å². The van der Waals surface area contributed by atoms with Crippen LogP contribution < -0.4 is 16.0 Å². The van der Waals surface area contributed by atoms with Gasteiger partial charge in [0.2, 0.25) is 11.8 Å². The van der Waals surface area contributed by atoms with Crippen LogP contribution in [-0.4, -0.2) is 37.0 Å². The summed E-state index contributed by atoms with van der Waals surface area (Å²) in [6, 6.07) is 1.73. The molecule has 16 heavy (non-hydrogen) atoms. The Balaban J connectivity index is 2.13. The molecule has 1 atom stereocenters. The third-order valence-electron chi connectivity index (χ3n) is 2.25. The second kappa shape index (κ2) is 6.08. The van der Waals surface area contributed by atoms with Gasteiger partial charge < -0.3 is 10.6 Å². The van der Waals surface area contributed by atoms with Crippen LogP contribution in [-0.2, 0) is 9.59 Å². The first kappa shape index (κ1) is 12.5. The van der Waals surface area contributed by atoms with Crippen LogP contribution in [0, 0.1) is 11.3 Å². The largest absolute Gasteiger partial charge is 0.352 e. The van der Waals surface area contributed by atoms with Crippen molar-refractivity contribution in [2.24, 2.45) is 0 Å². The van der Waals surface area contributed by atoms with E-state index in [0.717, 1.165) is 12.8 Å². The van der Waals surface area contributed by atoms with Crippen molar-refractivity contribution in [3.05, 3.63) is 0 Å². The quantitative estimate of drug-likeness (QED) is 0.498. The van der Waals surface area contributed by atoms with Crippen molar-refractivity contribution in [2.45, 2.75) is 31.8 Å². The molecule has 0 heterocycles. The number of amides is 2. The molecule has 0 spiro atoms. The molecule has 3 N–H and O–H groups in total. The van der Waals surface area contributed by atoms with Crippen molar-refractivity contribution in [3.8, 4) is 6.07 Å². The minimum atomic E-state index is -0.395. The fourth-order valence-corrected chi connectivity index (χ4v) is 1.09. The molecule has 88 valence electrons. The zero-order valence-electron chi connectivity index (χ0n) is 9.25. The summed E-state index contributed by atoms with van der Waals surface area (Å²) in [5.74, 6) is -0.372. The monoisotopic (exact) mass is 224 g/mol. The highest BCUT2D eigenvalue weighted by Crippen LogP contribution is 2.18. The lowest BCUT2D eigenvalue weighted by atomic mass is 10.3. The summed E-state index contributed by atoms with van der Waals surface area (Å²) in [6.45, 7) is 1.74. The van der Waals surface area contributed by atoms with E-state index in [1.165, 1.54) is 0 Å². The fraction of sp³-hybridized carbons (Fsp3) is 0.700. The first-order chi connectivity index (χ1) is 7.63. The van der Waals surface area contributed by atoms with Crippen LogP contribution in [0.4, 0.5) is 0 Å². The maximum Gasteiger partial charge on any atom is 0.237 e. The maximum atomic E-state index is 11.5. The second-order valence-electron chi connectivity index (χ2n) is 3.82. The van der Waals surface area contributed by atoms with Gasteiger partial charge >= 0.3 is 0 Å². The summed E-state index contributed by atoms with van der Waals surface area (Å²) in [5, 5.41) is 16.2. The Morgan fingerprint density at radius 2 is 2.19 bits per heavy atom. The van der Waals surface area contributed by atoms with Gasteiger partial charge in [0.15, 0.2) is 0 Å². The van der Waals surface area contributed by atoms with Crippen LogP contribution >= 0.6 is 0 Å². The zero-order chi connectivity index (χ0) is 12.0. The highest BCUT2D eigenvalue weighted by atomic mass is 16.2. The van der Waals surface area contributed by atoms with Crippen LogP contribution in [0.3, 0.4) is 0 Å². The van der Waals surface area contributed by atoms with Crippen molar-refractivity contribution < 1.29 is 9.59 Å². The van der Waals surface area contributed by atoms with E-state index >= 15 is 0 Å². The van der Waals surface area contributed by atoms with Crippen molar-refractivity contribution in [2.75, 3.05) is 13.1 Å². The Kier molecular flexibility index (Phi) is 4.73. The van der Waals surface area contributed by atoms with E-state index in [1.807, 2.05) is 0 Å². The SMILES string of the molecule is CC(NCC(=O)NCC#N)C(=O)NC1CC1. The van der Waals surface area contributed by atoms with Crippen molar-refractivity contribution in [3.63, 3.8) is 0 Å². The number of nitriles is 1. The Hall–Kier alpha value is -1.61. The third kappa shape index (κ3) is 4.75. The average molecular weight is 224 g/mol. The average Bonchev–Trinajstić information content (AvgIpc) is 3.06. The fourth-order valence-electron chi connectivity index (χ4n) is 1.09. The predicted molar refractivity (Wildman–Crippen MR) is 57.3 cm³/mol. The zero-order valence-corrected chi connectivity index (χ0v) is 9.25. The number of rotatable bonds is 6. The summed E-state index contributed by atoms with van der Waals surface area (Å²) >= 11 is 0. The van der Waals surface area contributed by atoms with E-state index in [0.29, 0.717) is 6.04 Å². The summed E-state index contributed by atoms with van der Waals surface area (Å²) in [7, 11) is 0. The molecule has 0 saturated heterocycles. The highest BCUT2D eigenvalue weighted by Gasteiger charge is 2.25. The number of hydrogen-bond donors (Lipinski definition) is 3. The molecule has 6 heteroatoms. The van der Waals surface area contributed by atoms with Gasteiger partial charge in [-0.2, -0.15) is 5.26 Å². The lowest BCUT2D eigenvalue weighted by molar-refractivity contribution is -0.123. The number of nitrogens with zero attached hydrogens (tertiary/aromatic N) is 1. The topological polar surface area (TPSA) is 94.0 Å². The van der Waals surface area contributed by atoms with Crippen LogP contribution in [0.5, 0.6) is 0 Å². The molecule has 6 nitrogen and oxygen atoms in total. The minimum Gasteiger partial charge on any atom is -0.352 e. The van der Waals surface area contributed by atoms with Gasteiger partial charge in [0, 0.05) is 6.04 Å². The molecular weight excluding hydrogens is 208 g/mol. The second-order valence-corrected chi connectivity index (χ2v) is 3.82. The Morgan fingerprint density at radius 1 is 1.50 bits per heavy atom. The van der Waals surface area contributed by atoms with E-state index in [9.17, 15) is 9.59 Å². The molecule has 0 aromatic carbocycles. The van der Waals surface area contributed by atoms with Gasteiger partial charge in [0.1, 0.15) is 6.54 Å². The smallest absolute Gasteiger partial charge is 0.237 e. The molecule has 0 radical (unpaired) electrons. The van der Waals surface area contributed by atoms with Gasteiger partial charge in [-0.1, -0.05) is 0 Å². The van der Waals surface area contributed by atoms with Crippen molar-refractivity contribution >= 4 is 11.8 Å². The van der Waals surface area contributed by atoms with Gasteiger partial charge in [-0.15, -0.1) is 0 Å². The molecule has 2 amide bonds. The Morgan fingerprint density at radius 3 is 2.75 bits per heavy atom. The molecule has 0 aliphatic heterocycles. The molecule has 1 fully saturated rings. The number of carbonyl (C=O) groups is 2.